The molecule has 56 valence electrons. The molecule has 1 N–H and O–H groups in total. The summed E-state index contributed by atoms with van der Waals surface area (Å²) in [5.74, 6) is 0. The number of halogens is 1. The van der Waals surface area contributed by atoms with Crippen molar-refractivity contribution >= 4 is 22.7 Å². The van der Waals surface area contributed by atoms with E-state index in [0.29, 0.717) is 5.15 Å². The molecular formula is C5H5ClNNaO2S. The number of hydrogen-bond donors (Lipinski definition) is 1. The third kappa shape index (κ3) is 3.64. The van der Waals surface area contributed by atoms with Crippen LogP contribution in [0.15, 0.2) is 23.2 Å². The van der Waals surface area contributed by atoms with Gasteiger partial charge in [-0.1, -0.05) is 11.6 Å². The van der Waals surface area contributed by atoms with Gasteiger partial charge in [-0.15, -0.1) is 0 Å². The summed E-state index contributed by atoms with van der Waals surface area (Å²) >= 11 is 3.47. The van der Waals surface area contributed by atoms with E-state index in [0.717, 1.165) is 0 Å². The van der Waals surface area contributed by atoms with E-state index in [-0.39, 0.29) is 35.9 Å². The van der Waals surface area contributed by atoms with Crippen molar-refractivity contribution in [2.45, 2.75) is 4.90 Å². The van der Waals surface area contributed by atoms with Gasteiger partial charge in [0.25, 0.3) is 0 Å². The van der Waals surface area contributed by atoms with E-state index >= 15 is 0 Å². The predicted molar refractivity (Wildman–Crippen MR) is 39.4 cm³/mol. The summed E-state index contributed by atoms with van der Waals surface area (Å²) in [6.45, 7) is 0. The molecule has 11 heavy (non-hydrogen) atoms. The van der Waals surface area contributed by atoms with E-state index in [9.17, 15) is 4.21 Å². The second-order valence-electron chi connectivity index (χ2n) is 1.57. The molecule has 1 aromatic heterocycles. The van der Waals surface area contributed by atoms with E-state index < -0.39 is 11.1 Å². The average molecular weight is 202 g/mol. The first-order chi connectivity index (χ1) is 4.70. The minimum Gasteiger partial charge on any atom is -1.00 e. The first kappa shape index (κ1) is 11.6. The van der Waals surface area contributed by atoms with Crippen LogP contribution in [0.1, 0.15) is 1.43 Å². The van der Waals surface area contributed by atoms with E-state index in [1.54, 1.807) is 0 Å². The van der Waals surface area contributed by atoms with Gasteiger partial charge in [0, 0.05) is 6.20 Å². The van der Waals surface area contributed by atoms with E-state index in [1.807, 2.05) is 0 Å². The summed E-state index contributed by atoms with van der Waals surface area (Å²) in [7, 11) is 0. The van der Waals surface area contributed by atoms with E-state index in [4.69, 9.17) is 16.2 Å². The largest absolute Gasteiger partial charge is 1.00 e. The molecule has 0 aliphatic carbocycles. The van der Waals surface area contributed by atoms with Gasteiger partial charge in [-0.25, -0.2) is 9.19 Å². The van der Waals surface area contributed by atoms with Crippen LogP contribution < -0.4 is 29.6 Å². The molecular weight excluding hydrogens is 197 g/mol. The summed E-state index contributed by atoms with van der Waals surface area (Å²) in [4.78, 5) is 3.87. The molecule has 1 heterocycles. The van der Waals surface area contributed by atoms with Crippen molar-refractivity contribution in [3.8, 4) is 0 Å². The van der Waals surface area contributed by atoms with Gasteiger partial charge in [0.15, 0.2) is 11.1 Å². The van der Waals surface area contributed by atoms with Crippen LogP contribution in [-0.4, -0.2) is 13.7 Å². The molecule has 0 radical (unpaired) electrons. The molecule has 0 spiro atoms. The number of nitrogens with zero attached hydrogens (tertiary/aromatic N) is 1. The van der Waals surface area contributed by atoms with Gasteiger partial charge in [-0.3, -0.25) is 0 Å². The fraction of sp³-hybridized carbons (Fsp3) is 0. The monoisotopic (exact) mass is 201 g/mol. The van der Waals surface area contributed by atoms with Crippen LogP contribution in [0, 0.1) is 0 Å². The second-order valence-corrected chi connectivity index (χ2v) is 2.92. The summed E-state index contributed by atoms with van der Waals surface area (Å²) in [6, 6.07) is 2.91. The van der Waals surface area contributed by atoms with E-state index in [1.165, 1.54) is 18.3 Å². The molecule has 6 heteroatoms. The van der Waals surface area contributed by atoms with Gasteiger partial charge >= 0.3 is 29.6 Å². The third-order valence-electron chi connectivity index (χ3n) is 0.902. The van der Waals surface area contributed by atoms with Crippen LogP contribution >= 0.6 is 11.6 Å². The molecule has 0 bridgehead atoms. The fourth-order valence-electron chi connectivity index (χ4n) is 0.466. The van der Waals surface area contributed by atoms with Crippen LogP contribution in [0.4, 0.5) is 0 Å². The maximum atomic E-state index is 10.3. The van der Waals surface area contributed by atoms with Crippen molar-refractivity contribution in [3.63, 3.8) is 0 Å². The fourth-order valence-corrected chi connectivity index (χ4v) is 0.905. The first-order valence-electron chi connectivity index (χ1n) is 2.42. The molecule has 1 unspecified atom stereocenters. The topological polar surface area (TPSA) is 50.2 Å². The van der Waals surface area contributed by atoms with Crippen molar-refractivity contribution in [2.24, 2.45) is 0 Å². The molecule has 0 aromatic carbocycles. The summed E-state index contributed by atoms with van der Waals surface area (Å²) in [5, 5.41) is 0.314. The van der Waals surface area contributed by atoms with Crippen LogP contribution in [-0.2, 0) is 11.1 Å². The van der Waals surface area contributed by atoms with Crippen molar-refractivity contribution in [1.82, 2.24) is 4.98 Å². The Morgan fingerprint density at radius 1 is 1.64 bits per heavy atom. The molecule has 0 saturated carbocycles. The standard InChI is InChI=1S/C5H4ClNO2S.Na.H/c6-5-2-1-4(3-7-5)10(8)9;;/h1-3H,(H,8,9);;/q;+1;-1. The Hall–Kier alpha value is 0.550. The zero-order chi connectivity index (χ0) is 7.56. The van der Waals surface area contributed by atoms with Gasteiger partial charge in [-0.05, 0) is 12.1 Å². The molecule has 0 aliphatic heterocycles. The SMILES string of the molecule is O=S(O)c1ccc(Cl)nc1.[H-].[Na+]. The maximum Gasteiger partial charge on any atom is 1.00 e. The Labute approximate surface area is 95.2 Å². The summed E-state index contributed by atoms with van der Waals surface area (Å²) in [6.07, 6.45) is 1.26. The van der Waals surface area contributed by atoms with Crippen LogP contribution in [0.3, 0.4) is 0 Å². The summed E-state index contributed by atoms with van der Waals surface area (Å²) < 4.78 is 18.8. The first-order valence-corrected chi connectivity index (χ1v) is 3.91. The van der Waals surface area contributed by atoms with Crippen LogP contribution in [0.25, 0.3) is 0 Å². The molecule has 3 nitrogen and oxygen atoms in total. The maximum absolute atomic E-state index is 10.3. The number of pyridine rings is 1. The number of aromatic nitrogens is 1. The molecule has 1 rings (SSSR count). The van der Waals surface area contributed by atoms with Crippen LogP contribution in [0.5, 0.6) is 0 Å². The molecule has 0 fully saturated rings. The zero-order valence-corrected chi connectivity index (χ0v) is 9.39. The van der Waals surface area contributed by atoms with Crippen molar-refractivity contribution in [2.75, 3.05) is 0 Å². The molecule has 0 aliphatic rings. The summed E-state index contributed by atoms with van der Waals surface area (Å²) in [5.41, 5.74) is 0. The predicted octanol–water partition coefficient (Wildman–Crippen LogP) is -1.57. The Morgan fingerprint density at radius 2 is 2.27 bits per heavy atom. The smallest absolute Gasteiger partial charge is 1.00 e. The Balaban J connectivity index is 0. The number of hydrogen-bond acceptors (Lipinski definition) is 2. The molecule has 0 amide bonds. The number of rotatable bonds is 1. The van der Waals surface area contributed by atoms with Crippen LogP contribution in [0.2, 0.25) is 5.15 Å². The van der Waals surface area contributed by atoms with Crippen molar-refractivity contribution in [1.29, 1.82) is 0 Å². The molecule has 1 atom stereocenters. The van der Waals surface area contributed by atoms with Gasteiger partial charge in [0.1, 0.15) is 5.15 Å². The molecule has 0 saturated heterocycles. The Bertz CT molecular complexity index is 258. The van der Waals surface area contributed by atoms with Crippen molar-refractivity contribution < 1.29 is 39.7 Å². The normalized spacial score (nSPS) is 11.8. The van der Waals surface area contributed by atoms with Gasteiger partial charge in [0.05, 0.1) is 4.90 Å². The zero-order valence-electron chi connectivity index (χ0n) is 6.82. The van der Waals surface area contributed by atoms with Gasteiger partial charge in [-0.2, -0.15) is 0 Å². The van der Waals surface area contributed by atoms with Gasteiger partial charge < -0.3 is 5.98 Å². The minimum absolute atomic E-state index is 0. The van der Waals surface area contributed by atoms with Crippen molar-refractivity contribution in [3.05, 3.63) is 23.5 Å². The Kier molecular flexibility index (Phi) is 5.50. The Morgan fingerprint density at radius 3 is 2.64 bits per heavy atom. The van der Waals surface area contributed by atoms with Gasteiger partial charge in [0.2, 0.25) is 0 Å². The minimum atomic E-state index is -1.96. The average Bonchev–Trinajstić information content (AvgIpc) is 1.88. The molecule has 1 aromatic rings. The van der Waals surface area contributed by atoms with E-state index in [2.05, 4.69) is 4.98 Å². The second kappa shape index (κ2) is 5.24. The quantitative estimate of drug-likeness (QED) is 0.340. The third-order valence-corrected chi connectivity index (χ3v) is 1.77.